The number of nitrogens with one attached hydrogen (secondary N) is 2. The zero-order chi connectivity index (χ0) is 36.7. The van der Waals surface area contributed by atoms with E-state index in [1.165, 1.54) is 111 Å². The normalized spacial score (nSPS) is 17.1. The molecule has 7 aromatic carbocycles. The molecule has 0 saturated carbocycles. The van der Waals surface area contributed by atoms with Gasteiger partial charge in [-0.2, -0.15) is 0 Å². The summed E-state index contributed by atoms with van der Waals surface area (Å²) in [6.07, 6.45) is 19.9. The Balaban J connectivity index is 1.04. The minimum absolute atomic E-state index is 0.105. The van der Waals surface area contributed by atoms with E-state index in [-0.39, 0.29) is 6.04 Å². The highest BCUT2D eigenvalue weighted by Crippen LogP contribution is 2.51. The van der Waals surface area contributed by atoms with E-state index in [1.54, 1.807) is 0 Å². The molecule has 2 N–H and O–H groups in total. The number of hydrogen-bond donors (Lipinski definition) is 2. The van der Waals surface area contributed by atoms with E-state index in [2.05, 4.69) is 187 Å². The van der Waals surface area contributed by atoms with Crippen molar-refractivity contribution in [2.75, 3.05) is 6.54 Å². The number of fused-ring (bicyclic) bond motifs is 5. The lowest BCUT2D eigenvalue weighted by Gasteiger charge is -2.26. The van der Waals surface area contributed by atoms with Gasteiger partial charge in [0.15, 0.2) is 0 Å². The summed E-state index contributed by atoms with van der Waals surface area (Å²) < 4.78 is 0. The van der Waals surface area contributed by atoms with E-state index >= 15 is 0 Å². The summed E-state index contributed by atoms with van der Waals surface area (Å²) >= 11 is 0. The Morgan fingerprint density at radius 2 is 1.12 bits per heavy atom. The zero-order valence-corrected chi connectivity index (χ0v) is 30.9. The van der Waals surface area contributed by atoms with Crippen molar-refractivity contribution >= 4 is 38.4 Å². The third kappa shape index (κ3) is 4.75. The lowest BCUT2D eigenvalue weighted by atomic mass is 9.87. The van der Waals surface area contributed by atoms with Crippen LogP contribution < -0.4 is 10.6 Å². The van der Waals surface area contributed by atoms with Gasteiger partial charge in [0, 0.05) is 17.9 Å². The van der Waals surface area contributed by atoms with Gasteiger partial charge in [0.05, 0.1) is 6.04 Å². The molecule has 2 aliphatic heterocycles. The molecule has 2 heteroatoms. The number of dihydropyridines is 2. The highest BCUT2D eigenvalue weighted by atomic mass is 15.0. The van der Waals surface area contributed by atoms with Crippen LogP contribution in [0.25, 0.3) is 94.0 Å². The van der Waals surface area contributed by atoms with E-state index in [0.717, 1.165) is 25.1 Å². The average Bonchev–Trinajstić information content (AvgIpc) is 3.78. The first-order valence-corrected chi connectivity index (χ1v) is 19.9. The van der Waals surface area contributed by atoms with Crippen molar-refractivity contribution in [3.05, 3.63) is 198 Å². The third-order valence-corrected chi connectivity index (χ3v) is 12.5. The quantitative estimate of drug-likeness (QED) is 0.185. The predicted molar refractivity (Wildman–Crippen MR) is 237 cm³/mol. The fourth-order valence-electron chi connectivity index (χ4n) is 9.94. The Morgan fingerprint density at radius 1 is 0.482 bits per heavy atom. The predicted octanol–water partition coefficient (Wildman–Crippen LogP) is 13.1. The van der Waals surface area contributed by atoms with E-state index in [9.17, 15) is 0 Å². The zero-order valence-electron chi connectivity index (χ0n) is 30.9. The van der Waals surface area contributed by atoms with Crippen molar-refractivity contribution in [3.8, 4) is 55.6 Å². The van der Waals surface area contributed by atoms with Gasteiger partial charge in [-0.3, -0.25) is 0 Å². The fourth-order valence-corrected chi connectivity index (χ4v) is 9.94. The maximum atomic E-state index is 3.80. The van der Waals surface area contributed by atoms with Gasteiger partial charge in [0.25, 0.3) is 0 Å². The Kier molecular flexibility index (Phi) is 6.91. The molecule has 7 aromatic rings. The van der Waals surface area contributed by atoms with Crippen LogP contribution in [0.2, 0.25) is 0 Å². The van der Waals surface area contributed by atoms with Crippen molar-refractivity contribution in [2.45, 2.75) is 18.9 Å². The number of hydrogen-bond acceptors (Lipinski definition) is 2. The molecule has 1 atom stereocenters. The molecule has 0 radical (unpaired) electrons. The second-order valence-corrected chi connectivity index (χ2v) is 15.6. The second kappa shape index (κ2) is 12.3. The first-order valence-electron chi connectivity index (χ1n) is 19.9. The Hall–Kier alpha value is -6.90. The van der Waals surface area contributed by atoms with Crippen molar-refractivity contribution in [2.24, 2.45) is 0 Å². The highest BCUT2D eigenvalue weighted by Gasteiger charge is 2.26. The minimum atomic E-state index is 0.105. The molecule has 0 spiro atoms. The molecule has 2 heterocycles. The first-order chi connectivity index (χ1) is 27.8. The molecule has 0 amide bonds. The van der Waals surface area contributed by atoms with E-state index in [0.29, 0.717) is 0 Å². The number of allylic oxidation sites excluding steroid dienone is 8. The molecule has 0 fully saturated rings. The first kappa shape index (κ1) is 31.5. The largest absolute Gasteiger partial charge is 0.383 e. The monoisotopic (exact) mass is 714 g/mol. The molecule has 12 rings (SSSR count). The standard InChI is InChI=1S/C54H38N2/c1-3-15-42-40(13-1)46-19-8-17-44-38(24-26-48(42)53(44)46)36-30-35(33-11-7-12-34(29-33)50-22-10-23-52(56-50)51-21-5-6-28-55-51)31-37(32-36)39-25-27-49-43-16-4-2-14-41(43)47-20-9-18-45(39)54(47)49/h1-3,5-15,17-27,29-32,52,55-56H,4,16,28H2. The van der Waals surface area contributed by atoms with Crippen molar-refractivity contribution < 1.29 is 0 Å². The summed E-state index contributed by atoms with van der Waals surface area (Å²) in [6.45, 7) is 0.854. The summed E-state index contributed by atoms with van der Waals surface area (Å²) in [7, 11) is 0. The van der Waals surface area contributed by atoms with Gasteiger partial charge in [0.1, 0.15) is 0 Å². The minimum Gasteiger partial charge on any atom is -0.383 e. The molecule has 0 bridgehead atoms. The summed E-state index contributed by atoms with van der Waals surface area (Å²) in [6, 6.07) is 48.5. The second-order valence-electron chi connectivity index (χ2n) is 15.6. The van der Waals surface area contributed by atoms with Crippen molar-refractivity contribution in [1.82, 2.24) is 10.6 Å². The molecule has 2 nitrogen and oxygen atoms in total. The SMILES string of the molecule is C1=CCNC(C2C=CC=C(c3cccc(-c4cc(-c5ccc6c7c(cccc57)C5=C6CCC=C5)cc(-c5ccc6c7c(cccc57)-c5ccccc5-6)c4)c3)N2)=C1. The van der Waals surface area contributed by atoms with E-state index in [4.69, 9.17) is 0 Å². The summed E-state index contributed by atoms with van der Waals surface area (Å²) in [5.74, 6) is 0. The maximum absolute atomic E-state index is 3.80. The van der Waals surface area contributed by atoms with E-state index < -0.39 is 0 Å². The van der Waals surface area contributed by atoms with Crippen LogP contribution in [0.3, 0.4) is 0 Å². The number of rotatable bonds is 5. The van der Waals surface area contributed by atoms with Crippen LogP contribution in [-0.2, 0) is 0 Å². The molecule has 3 aliphatic carbocycles. The number of benzene rings is 7. The van der Waals surface area contributed by atoms with Gasteiger partial charge < -0.3 is 10.6 Å². The van der Waals surface area contributed by atoms with Gasteiger partial charge in [-0.05, 0) is 154 Å². The summed E-state index contributed by atoms with van der Waals surface area (Å²) in [5, 5.41) is 12.7. The van der Waals surface area contributed by atoms with Crippen LogP contribution in [0.5, 0.6) is 0 Å². The molecule has 264 valence electrons. The molecule has 0 saturated heterocycles. The molecule has 1 unspecified atom stereocenters. The Morgan fingerprint density at radius 3 is 1.91 bits per heavy atom. The van der Waals surface area contributed by atoms with Crippen LogP contribution in [0.4, 0.5) is 0 Å². The highest BCUT2D eigenvalue weighted by molar-refractivity contribution is 6.20. The molecule has 0 aromatic heterocycles. The van der Waals surface area contributed by atoms with Gasteiger partial charge in [-0.15, -0.1) is 0 Å². The van der Waals surface area contributed by atoms with Crippen molar-refractivity contribution in [1.29, 1.82) is 0 Å². The summed E-state index contributed by atoms with van der Waals surface area (Å²) in [4.78, 5) is 0. The maximum Gasteiger partial charge on any atom is 0.0847 e. The van der Waals surface area contributed by atoms with Gasteiger partial charge in [0.2, 0.25) is 0 Å². The topological polar surface area (TPSA) is 24.1 Å². The van der Waals surface area contributed by atoms with Crippen LogP contribution >= 0.6 is 0 Å². The van der Waals surface area contributed by atoms with Gasteiger partial charge in [-0.1, -0.05) is 140 Å². The van der Waals surface area contributed by atoms with Gasteiger partial charge >= 0.3 is 0 Å². The lowest BCUT2D eigenvalue weighted by Crippen LogP contribution is -2.36. The molecular formula is C54H38N2. The fraction of sp³-hybridized carbons (Fsp3) is 0.0741. The van der Waals surface area contributed by atoms with Crippen LogP contribution in [0.15, 0.2) is 182 Å². The van der Waals surface area contributed by atoms with E-state index in [1.807, 2.05) is 0 Å². The smallest absolute Gasteiger partial charge is 0.0847 e. The van der Waals surface area contributed by atoms with Gasteiger partial charge in [-0.25, -0.2) is 0 Å². The van der Waals surface area contributed by atoms with Crippen LogP contribution in [0.1, 0.15) is 29.5 Å². The third-order valence-electron chi connectivity index (χ3n) is 12.5. The van der Waals surface area contributed by atoms with Crippen molar-refractivity contribution in [3.63, 3.8) is 0 Å². The van der Waals surface area contributed by atoms with Crippen LogP contribution in [-0.4, -0.2) is 12.6 Å². The summed E-state index contributed by atoms with van der Waals surface area (Å²) in [5.41, 5.74) is 21.9. The Labute approximate surface area is 327 Å². The molecular weight excluding hydrogens is 677 g/mol. The Bertz CT molecular complexity index is 3020. The lowest BCUT2D eigenvalue weighted by molar-refractivity contribution is 0.714. The van der Waals surface area contributed by atoms with Crippen LogP contribution in [0, 0.1) is 0 Å². The molecule has 5 aliphatic rings. The average molecular weight is 715 g/mol. The molecule has 56 heavy (non-hydrogen) atoms.